The lowest BCUT2D eigenvalue weighted by Crippen LogP contribution is -2.42. The molecule has 27 heavy (non-hydrogen) atoms. The van der Waals surface area contributed by atoms with Gasteiger partial charge < -0.3 is 19.4 Å². The fourth-order valence-corrected chi connectivity index (χ4v) is 3.22. The van der Waals surface area contributed by atoms with Crippen LogP contribution in [0.3, 0.4) is 0 Å². The number of carbonyl (C=O) groups excluding carboxylic acids is 3. The number of nitrogens with one attached hydrogen (secondary N) is 1. The number of furan rings is 1. The first-order valence-corrected chi connectivity index (χ1v) is 8.84. The molecule has 1 fully saturated rings. The number of benzene rings is 1. The van der Waals surface area contributed by atoms with Crippen LogP contribution in [-0.2, 0) is 14.3 Å². The molecule has 1 unspecified atom stereocenters. The van der Waals surface area contributed by atoms with Crippen molar-refractivity contribution in [2.24, 2.45) is 0 Å². The highest BCUT2D eigenvalue weighted by Crippen LogP contribution is 2.22. The number of aryl methyl sites for hydroxylation is 2. The molecule has 1 saturated heterocycles. The van der Waals surface area contributed by atoms with Crippen LogP contribution in [0.4, 0.5) is 5.69 Å². The van der Waals surface area contributed by atoms with Crippen molar-refractivity contribution in [3.63, 3.8) is 0 Å². The van der Waals surface area contributed by atoms with E-state index in [-0.39, 0.29) is 11.7 Å². The normalized spacial score (nSPS) is 16.2. The van der Waals surface area contributed by atoms with Gasteiger partial charge in [0, 0.05) is 12.2 Å². The molecule has 1 N–H and O–H groups in total. The lowest BCUT2D eigenvalue weighted by molar-refractivity contribution is -0.151. The minimum atomic E-state index is -0.699. The average Bonchev–Trinajstić information content (AvgIpc) is 3.34. The van der Waals surface area contributed by atoms with Crippen LogP contribution in [0.2, 0.25) is 0 Å². The van der Waals surface area contributed by atoms with E-state index in [4.69, 9.17) is 9.15 Å². The van der Waals surface area contributed by atoms with Crippen molar-refractivity contribution in [2.45, 2.75) is 32.7 Å². The highest BCUT2D eigenvalue weighted by Gasteiger charge is 2.36. The van der Waals surface area contributed by atoms with E-state index >= 15 is 0 Å². The summed E-state index contributed by atoms with van der Waals surface area (Å²) in [6.45, 7) is 3.84. The van der Waals surface area contributed by atoms with Crippen LogP contribution >= 0.6 is 0 Å². The maximum atomic E-state index is 12.4. The zero-order chi connectivity index (χ0) is 19.4. The van der Waals surface area contributed by atoms with Gasteiger partial charge in [0.25, 0.3) is 11.8 Å². The number of likely N-dealkylation sites (tertiary alicyclic amines) is 1. The van der Waals surface area contributed by atoms with E-state index in [9.17, 15) is 14.4 Å². The number of hydrogen-bond acceptors (Lipinski definition) is 5. The second-order valence-corrected chi connectivity index (χ2v) is 6.56. The molecular formula is C20H22N2O5. The van der Waals surface area contributed by atoms with Gasteiger partial charge in [-0.2, -0.15) is 0 Å². The average molecular weight is 370 g/mol. The van der Waals surface area contributed by atoms with E-state index in [0.29, 0.717) is 25.1 Å². The maximum absolute atomic E-state index is 12.4. The quantitative estimate of drug-likeness (QED) is 0.818. The highest BCUT2D eigenvalue weighted by molar-refractivity contribution is 5.96. The van der Waals surface area contributed by atoms with Gasteiger partial charge in [-0.25, -0.2) is 4.79 Å². The molecule has 0 radical (unpaired) electrons. The number of rotatable bonds is 5. The van der Waals surface area contributed by atoms with Crippen molar-refractivity contribution >= 4 is 23.5 Å². The third-order valence-electron chi connectivity index (χ3n) is 4.61. The Balaban J connectivity index is 1.57. The smallest absolute Gasteiger partial charge is 0.329 e. The summed E-state index contributed by atoms with van der Waals surface area (Å²) in [5.41, 5.74) is 2.58. The van der Waals surface area contributed by atoms with Crippen molar-refractivity contribution in [3.05, 3.63) is 53.5 Å². The summed E-state index contributed by atoms with van der Waals surface area (Å²) in [6, 6.07) is 8.17. The first-order valence-electron chi connectivity index (χ1n) is 8.84. The Morgan fingerprint density at radius 1 is 1.19 bits per heavy atom. The Labute approximate surface area is 157 Å². The van der Waals surface area contributed by atoms with Crippen LogP contribution in [0.5, 0.6) is 0 Å². The summed E-state index contributed by atoms with van der Waals surface area (Å²) in [6.07, 6.45) is 2.61. The molecule has 1 aromatic heterocycles. The molecule has 7 heteroatoms. The topological polar surface area (TPSA) is 88.9 Å². The van der Waals surface area contributed by atoms with E-state index in [1.807, 2.05) is 32.0 Å². The standard InChI is InChI=1S/C20H22N2O5/c1-13-6-3-7-14(2)18(13)21-17(23)12-27-20(25)15-8-4-10-22(15)19(24)16-9-5-11-26-16/h3,5-7,9,11,15H,4,8,10,12H2,1-2H3,(H,21,23). The number of amides is 2. The maximum Gasteiger partial charge on any atom is 0.329 e. The number of para-hydroxylation sites is 1. The number of hydrogen-bond donors (Lipinski definition) is 1. The number of carbonyl (C=O) groups is 3. The Kier molecular flexibility index (Phi) is 5.59. The Hall–Kier alpha value is -3.09. The second-order valence-electron chi connectivity index (χ2n) is 6.56. The third-order valence-corrected chi connectivity index (χ3v) is 4.61. The fourth-order valence-electron chi connectivity index (χ4n) is 3.22. The molecule has 0 saturated carbocycles. The third kappa shape index (κ3) is 4.19. The largest absolute Gasteiger partial charge is 0.459 e. The number of ether oxygens (including phenoxy) is 1. The molecule has 1 aromatic carbocycles. The molecule has 2 aromatic rings. The van der Waals surface area contributed by atoms with E-state index in [1.165, 1.54) is 11.2 Å². The van der Waals surface area contributed by atoms with E-state index in [2.05, 4.69) is 5.32 Å². The van der Waals surface area contributed by atoms with Gasteiger partial charge in [-0.3, -0.25) is 9.59 Å². The summed E-state index contributed by atoms with van der Waals surface area (Å²) >= 11 is 0. The van der Waals surface area contributed by atoms with Crippen LogP contribution in [0.15, 0.2) is 41.0 Å². The summed E-state index contributed by atoms with van der Waals surface area (Å²) in [5.74, 6) is -1.16. The van der Waals surface area contributed by atoms with Crippen LogP contribution in [0.25, 0.3) is 0 Å². The van der Waals surface area contributed by atoms with Crippen LogP contribution in [0.1, 0.15) is 34.5 Å². The SMILES string of the molecule is Cc1cccc(C)c1NC(=O)COC(=O)C1CCCN1C(=O)c1ccco1. The van der Waals surface area contributed by atoms with Gasteiger partial charge in [0.15, 0.2) is 12.4 Å². The van der Waals surface area contributed by atoms with Crippen molar-refractivity contribution in [3.8, 4) is 0 Å². The number of esters is 1. The Morgan fingerprint density at radius 3 is 2.59 bits per heavy atom. The molecule has 2 amide bonds. The highest BCUT2D eigenvalue weighted by atomic mass is 16.5. The van der Waals surface area contributed by atoms with Gasteiger partial charge in [-0.05, 0) is 49.9 Å². The lowest BCUT2D eigenvalue weighted by atomic mass is 10.1. The van der Waals surface area contributed by atoms with E-state index in [0.717, 1.165) is 11.1 Å². The van der Waals surface area contributed by atoms with Crippen molar-refractivity contribution in [1.82, 2.24) is 4.90 Å². The van der Waals surface area contributed by atoms with Crippen molar-refractivity contribution in [1.29, 1.82) is 0 Å². The fraction of sp³-hybridized carbons (Fsp3) is 0.350. The molecule has 2 heterocycles. The zero-order valence-corrected chi connectivity index (χ0v) is 15.4. The molecule has 142 valence electrons. The molecule has 0 bridgehead atoms. The van der Waals surface area contributed by atoms with Crippen LogP contribution in [-0.4, -0.2) is 41.9 Å². The summed E-state index contributed by atoms with van der Waals surface area (Å²) in [7, 11) is 0. The predicted molar refractivity (Wildman–Crippen MR) is 98.3 cm³/mol. The van der Waals surface area contributed by atoms with Crippen molar-refractivity contribution in [2.75, 3.05) is 18.5 Å². The molecule has 1 aliphatic heterocycles. The predicted octanol–water partition coefficient (Wildman–Crippen LogP) is 2.68. The minimum Gasteiger partial charge on any atom is -0.459 e. The lowest BCUT2D eigenvalue weighted by Gasteiger charge is -2.22. The summed E-state index contributed by atoms with van der Waals surface area (Å²) < 4.78 is 10.3. The first-order chi connectivity index (χ1) is 13.0. The summed E-state index contributed by atoms with van der Waals surface area (Å²) in [4.78, 5) is 38.4. The van der Waals surface area contributed by atoms with Crippen LogP contribution < -0.4 is 5.32 Å². The molecule has 1 aliphatic rings. The monoisotopic (exact) mass is 370 g/mol. The summed E-state index contributed by atoms with van der Waals surface area (Å²) in [5, 5.41) is 2.77. The van der Waals surface area contributed by atoms with Gasteiger partial charge >= 0.3 is 5.97 Å². The molecule has 3 rings (SSSR count). The molecule has 0 spiro atoms. The minimum absolute atomic E-state index is 0.183. The van der Waals surface area contributed by atoms with Gasteiger partial charge in [0.2, 0.25) is 0 Å². The van der Waals surface area contributed by atoms with E-state index in [1.54, 1.807) is 12.1 Å². The van der Waals surface area contributed by atoms with Crippen molar-refractivity contribution < 1.29 is 23.5 Å². The zero-order valence-electron chi connectivity index (χ0n) is 15.4. The Bertz CT molecular complexity index is 824. The van der Waals surface area contributed by atoms with Gasteiger partial charge in [0.1, 0.15) is 6.04 Å². The molecule has 7 nitrogen and oxygen atoms in total. The Morgan fingerprint density at radius 2 is 1.93 bits per heavy atom. The molecule has 0 aliphatic carbocycles. The van der Waals surface area contributed by atoms with E-state index < -0.39 is 24.5 Å². The number of anilines is 1. The van der Waals surface area contributed by atoms with Gasteiger partial charge in [-0.1, -0.05) is 18.2 Å². The number of nitrogens with zero attached hydrogens (tertiary/aromatic N) is 1. The molecule has 1 atom stereocenters. The van der Waals surface area contributed by atoms with Gasteiger partial charge in [0.05, 0.1) is 6.26 Å². The molecular weight excluding hydrogens is 348 g/mol. The van der Waals surface area contributed by atoms with Gasteiger partial charge in [-0.15, -0.1) is 0 Å². The second kappa shape index (κ2) is 8.07. The first kappa shape index (κ1) is 18.7. The van der Waals surface area contributed by atoms with Crippen LogP contribution in [0, 0.1) is 13.8 Å².